The Hall–Kier alpha value is -2.47. The molecule has 6 nitrogen and oxygen atoms in total. The summed E-state index contributed by atoms with van der Waals surface area (Å²) in [6.45, 7) is 2.92. The molecule has 6 heteroatoms. The summed E-state index contributed by atoms with van der Waals surface area (Å²) in [5, 5.41) is 9.23. The van der Waals surface area contributed by atoms with E-state index >= 15 is 0 Å². The fourth-order valence-corrected chi connectivity index (χ4v) is 2.55. The monoisotopic (exact) mass is 312 g/mol. The number of anilines is 1. The Bertz CT molecular complexity index is 841. The number of unbranched alkanes of at least 4 members (excludes halogenated alkanes) is 1. The summed E-state index contributed by atoms with van der Waals surface area (Å²) in [5.74, 6) is 0.319. The van der Waals surface area contributed by atoms with E-state index in [1.165, 1.54) is 7.11 Å². The van der Waals surface area contributed by atoms with Crippen LogP contribution in [0.5, 0.6) is 0 Å². The summed E-state index contributed by atoms with van der Waals surface area (Å²) in [5.41, 5.74) is 1.72. The second-order valence-corrected chi connectivity index (χ2v) is 5.46. The number of pyridine rings is 1. The molecule has 120 valence electrons. The normalized spacial score (nSPS) is 11.2. The van der Waals surface area contributed by atoms with Gasteiger partial charge in [0.2, 0.25) is 0 Å². The molecule has 0 unspecified atom stereocenters. The number of aromatic nitrogens is 3. The van der Waals surface area contributed by atoms with Gasteiger partial charge in [-0.1, -0.05) is 31.5 Å². The molecular weight excluding hydrogens is 292 g/mol. The zero-order valence-corrected chi connectivity index (χ0v) is 13.4. The maximum Gasteiger partial charge on any atom is 0.251 e. The first-order valence-corrected chi connectivity index (χ1v) is 7.78. The van der Waals surface area contributed by atoms with Crippen molar-refractivity contribution in [3.63, 3.8) is 0 Å². The van der Waals surface area contributed by atoms with Gasteiger partial charge in [0.05, 0.1) is 10.9 Å². The number of carbonyl (C=O) groups excluding carboxylic acids is 1. The van der Waals surface area contributed by atoms with Gasteiger partial charge in [-0.3, -0.25) is 4.79 Å². The van der Waals surface area contributed by atoms with Gasteiger partial charge in [-0.25, -0.2) is 9.67 Å². The second-order valence-electron chi connectivity index (χ2n) is 5.46. The van der Waals surface area contributed by atoms with Crippen LogP contribution in [-0.4, -0.2) is 34.4 Å². The fourth-order valence-electron chi connectivity index (χ4n) is 2.55. The van der Waals surface area contributed by atoms with Crippen molar-refractivity contribution in [1.82, 2.24) is 14.8 Å². The number of rotatable bonds is 6. The third-order valence-corrected chi connectivity index (χ3v) is 3.68. The van der Waals surface area contributed by atoms with Crippen molar-refractivity contribution in [2.75, 3.05) is 19.0 Å². The molecule has 3 rings (SSSR count). The van der Waals surface area contributed by atoms with Crippen molar-refractivity contribution in [2.45, 2.75) is 26.3 Å². The first-order chi connectivity index (χ1) is 11.2. The number of amides is 1. The zero-order chi connectivity index (χ0) is 16.2. The maximum atomic E-state index is 11.8. The number of fused-ring (bicyclic) bond motifs is 2. The standard InChI is InChI=1S/C17H20N4O2/c1-3-4-9-21-17-13(16(20-21)19-15(22)11-23-2)10-12-7-5-6-8-14(12)18-17/h5-8,10H,3-4,9,11H2,1-2H3,(H,19,20,22). The molecule has 0 saturated carbocycles. The maximum absolute atomic E-state index is 11.8. The Kier molecular flexibility index (Phi) is 4.52. The van der Waals surface area contributed by atoms with Crippen LogP contribution in [0.15, 0.2) is 30.3 Å². The van der Waals surface area contributed by atoms with Crippen LogP contribution in [0.2, 0.25) is 0 Å². The van der Waals surface area contributed by atoms with Gasteiger partial charge < -0.3 is 10.1 Å². The molecule has 0 spiro atoms. The van der Waals surface area contributed by atoms with Crippen LogP contribution in [0, 0.1) is 0 Å². The van der Waals surface area contributed by atoms with E-state index in [-0.39, 0.29) is 12.5 Å². The summed E-state index contributed by atoms with van der Waals surface area (Å²) in [7, 11) is 1.49. The predicted molar refractivity (Wildman–Crippen MR) is 90.4 cm³/mol. The molecule has 0 radical (unpaired) electrons. The van der Waals surface area contributed by atoms with Crippen molar-refractivity contribution in [1.29, 1.82) is 0 Å². The number of carbonyl (C=O) groups is 1. The lowest BCUT2D eigenvalue weighted by Crippen LogP contribution is -2.17. The van der Waals surface area contributed by atoms with Crippen LogP contribution >= 0.6 is 0 Å². The highest BCUT2D eigenvalue weighted by Gasteiger charge is 2.15. The number of aryl methyl sites for hydroxylation is 1. The van der Waals surface area contributed by atoms with Gasteiger partial charge in [-0.15, -0.1) is 0 Å². The number of hydrogen-bond acceptors (Lipinski definition) is 4. The minimum atomic E-state index is -0.220. The largest absolute Gasteiger partial charge is 0.375 e. The first kappa shape index (κ1) is 15.4. The van der Waals surface area contributed by atoms with Crippen molar-refractivity contribution < 1.29 is 9.53 Å². The molecule has 3 aromatic rings. The van der Waals surface area contributed by atoms with Crippen molar-refractivity contribution in [2.24, 2.45) is 0 Å². The number of methoxy groups -OCH3 is 1. The SMILES string of the molecule is CCCCn1nc(NC(=O)COC)c2cc3ccccc3nc21. The lowest BCUT2D eigenvalue weighted by molar-refractivity contribution is -0.119. The molecule has 0 aliphatic carbocycles. The summed E-state index contributed by atoms with van der Waals surface area (Å²) in [6.07, 6.45) is 2.08. The van der Waals surface area contributed by atoms with E-state index in [1.807, 2.05) is 35.0 Å². The highest BCUT2D eigenvalue weighted by Crippen LogP contribution is 2.26. The highest BCUT2D eigenvalue weighted by molar-refractivity contribution is 6.02. The highest BCUT2D eigenvalue weighted by atomic mass is 16.5. The van der Waals surface area contributed by atoms with Gasteiger partial charge in [-0.2, -0.15) is 5.10 Å². The van der Waals surface area contributed by atoms with Gasteiger partial charge in [0.1, 0.15) is 6.61 Å². The molecule has 0 fully saturated rings. The Morgan fingerprint density at radius 1 is 1.35 bits per heavy atom. The van der Waals surface area contributed by atoms with Gasteiger partial charge in [0.15, 0.2) is 11.5 Å². The first-order valence-electron chi connectivity index (χ1n) is 7.78. The van der Waals surface area contributed by atoms with Crippen LogP contribution in [0.4, 0.5) is 5.82 Å². The molecule has 1 aromatic carbocycles. The number of ether oxygens (including phenoxy) is 1. The lowest BCUT2D eigenvalue weighted by atomic mass is 10.2. The van der Waals surface area contributed by atoms with Gasteiger partial charge in [0.25, 0.3) is 5.91 Å². The summed E-state index contributed by atoms with van der Waals surface area (Å²) < 4.78 is 6.74. The number of nitrogens with zero attached hydrogens (tertiary/aromatic N) is 3. The minimum Gasteiger partial charge on any atom is -0.375 e. The molecule has 0 aliphatic rings. The van der Waals surface area contributed by atoms with E-state index in [0.717, 1.165) is 41.3 Å². The van der Waals surface area contributed by atoms with Gasteiger partial charge in [-0.05, 0) is 18.6 Å². The molecule has 0 bridgehead atoms. The van der Waals surface area contributed by atoms with E-state index < -0.39 is 0 Å². The van der Waals surface area contributed by atoms with Crippen LogP contribution in [0.3, 0.4) is 0 Å². The molecule has 0 saturated heterocycles. The summed E-state index contributed by atoms with van der Waals surface area (Å²) in [4.78, 5) is 16.6. The Morgan fingerprint density at radius 2 is 2.17 bits per heavy atom. The average Bonchev–Trinajstić information content (AvgIpc) is 2.88. The van der Waals surface area contributed by atoms with Crippen LogP contribution in [0.25, 0.3) is 21.9 Å². The molecule has 2 heterocycles. The van der Waals surface area contributed by atoms with E-state index in [1.54, 1.807) is 0 Å². The molecule has 23 heavy (non-hydrogen) atoms. The van der Waals surface area contributed by atoms with E-state index in [0.29, 0.717) is 5.82 Å². The zero-order valence-electron chi connectivity index (χ0n) is 13.4. The fraction of sp³-hybridized carbons (Fsp3) is 0.353. The quantitative estimate of drug-likeness (QED) is 0.760. The second kappa shape index (κ2) is 6.75. The molecule has 1 amide bonds. The van der Waals surface area contributed by atoms with Crippen LogP contribution in [-0.2, 0) is 16.1 Å². The smallest absolute Gasteiger partial charge is 0.251 e. The number of hydrogen-bond donors (Lipinski definition) is 1. The van der Waals surface area contributed by atoms with Crippen molar-refractivity contribution in [3.05, 3.63) is 30.3 Å². The van der Waals surface area contributed by atoms with Gasteiger partial charge in [0, 0.05) is 19.0 Å². The lowest BCUT2D eigenvalue weighted by Gasteiger charge is -2.02. The molecule has 1 N–H and O–H groups in total. The molecule has 0 atom stereocenters. The molecular formula is C17H20N4O2. The topological polar surface area (TPSA) is 69.0 Å². The van der Waals surface area contributed by atoms with E-state index in [9.17, 15) is 4.79 Å². The molecule has 0 aliphatic heterocycles. The van der Waals surface area contributed by atoms with Crippen LogP contribution in [0.1, 0.15) is 19.8 Å². The average molecular weight is 312 g/mol. The summed E-state index contributed by atoms with van der Waals surface area (Å²) >= 11 is 0. The predicted octanol–water partition coefficient (Wildman–Crippen LogP) is 2.97. The van der Waals surface area contributed by atoms with E-state index in [2.05, 4.69) is 17.3 Å². The number of nitrogens with one attached hydrogen (secondary N) is 1. The minimum absolute atomic E-state index is 0.00429. The Labute approximate surface area is 134 Å². The van der Waals surface area contributed by atoms with E-state index in [4.69, 9.17) is 9.72 Å². The number of para-hydroxylation sites is 1. The van der Waals surface area contributed by atoms with Crippen molar-refractivity contribution in [3.8, 4) is 0 Å². The summed E-state index contributed by atoms with van der Waals surface area (Å²) in [6, 6.07) is 9.95. The van der Waals surface area contributed by atoms with Crippen molar-refractivity contribution >= 4 is 33.7 Å². The third-order valence-electron chi connectivity index (χ3n) is 3.68. The molecule has 2 aromatic heterocycles. The van der Waals surface area contributed by atoms with Crippen LogP contribution < -0.4 is 5.32 Å². The number of benzene rings is 1. The third kappa shape index (κ3) is 3.17. The Morgan fingerprint density at radius 3 is 2.96 bits per heavy atom. The van der Waals surface area contributed by atoms with Gasteiger partial charge >= 0.3 is 0 Å². The Balaban J connectivity index is 2.10.